The van der Waals surface area contributed by atoms with Gasteiger partial charge in [0.05, 0.1) is 12.3 Å². The maximum atomic E-state index is 12.9. The van der Waals surface area contributed by atoms with Gasteiger partial charge in [0, 0.05) is 43.0 Å². The number of benzene rings is 2. The molecule has 0 radical (unpaired) electrons. The Morgan fingerprint density at radius 2 is 1.76 bits per heavy atom. The van der Waals surface area contributed by atoms with Gasteiger partial charge in [0.25, 0.3) is 0 Å². The summed E-state index contributed by atoms with van der Waals surface area (Å²) in [6.07, 6.45) is 0.865. The highest BCUT2D eigenvalue weighted by molar-refractivity contribution is 5.91. The van der Waals surface area contributed by atoms with Gasteiger partial charge in [0.1, 0.15) is 11.6 Å². The van der Waals surface area contributed by atoms with Crippen LogP contribution in [-0.4, -0.2) is 53.7 Å². The van der Waals surface area contributed by atoms with Crippen molar-refractivity contribution in [3.05, 3.63) is 65.4 Å². The van der Waals surface area contributed by atoms with Gasteiger partial charge in [-0.15, -0.1) is 0 Å². The molecule has 0 spiro atoms. The van der Waals surface area contributed by atoms with Crippen molar-refractivity contribution in [3.63, 3.8) is 0 Å². The lowest BCUT2D eigenvalue weighted by molar-refractivity contribution is 0.208. The Labute approximate surface area is 201 Å². The topological polar surface area (TPSA) is 70.6 Å². The van der Waals surface area contributed by atoms with E-state index in [4.69, 9.17) is 14.7 Å². The monoisotopic (exact) mass is 459 g/mol. The number of hydrogen-bond acceptors (Lipinski definition) is 5. The summed E-state index contributed by atoms with van der Waals surface area (Å²) in [7, 11) is 0. The zero-order valence-corrected chi connectivity index (χ0v) is 20.5. The number of aromatic nitrogens is 2. The van der Waals surface area contributed by atoms with E-state index < -0.39 is 0 Å². The number of amides is 2. The molecule has 1 aliphatic rings. The first-order valence-electron chi connectivity index (χ1n) is 12.0. The van der Waals surface area contributed by atoms with E-state index in [9.17, 15) is 4.79 Å². The molecule has 34 heavy (non-hydrogen) atoms. The molecule has 2 heterocycles. The number of urea groups is 1. The summed E-state index contributed by atoms with van der Waals surface area (Å²) in [5.41, 5.74) is 5.08. The fraction of sp³-hybridized carbons (Fsp3) is 0.370. The van der Waals surface area contributed by atoms with Crippen molar-refractivity contribution in [3.8, 4) is 17.1 Å². The smallest absolute Gasteiger partial charge is 0.322 e. The maximum absolute atomic E-state index is 12.9. The molecule has 1 aliphatic heterocycles. The van der Waals surface area contributed by atoms with Crippen molar-refractivity contribution >= 4 is 17.5 Å². The Morgan fingerprint density at radius 1 is 1.00 bits per heavy atom. The fourth-order valence-corrected chi connectivity index (χ4v) is 4.34. The lowest BCUT2D eigenvalue weighted by Gasteiger charge is -2.36. The van der Waals surface area contributed by atoms with Crippen LogP contribution in [0, 0.1) is 13.8 Å². The third-order valence-electron chi connectivity index (χ3n) is 6.12. The summed E-state index contributed by atoms with van der Waals surface area (Å²) in [5.74, 6) is 2.42. The molecule has 4 rings (SSSR count). The molecule has 178 valence electrons. The number of nitrogens with one attached hydrogen (secondary N) is 1. The average molecular weight is 460 g/mol. The van der Waals surface area contributed by atoms with E-state index in [1.165, 1.54) is 11.1 Å². The second kappa shape index (κ2) is 10.5. The van der Waals surface area contributed by atoms with Gasteiger partial charge in [0.2, 0.25) is 0 Å². The Kier molecular flexibility index (Phi) is 7.30. The van der Waals surface area contributed by atoms with Gasteiger partial charge in [-0.05, 0) is 45.4 Å². The zero-order chi connectivity index (χ0) is 24.1. The second-order valence-electron chi connectivity index (χ2n) is 8.49. The van der Waals surface area contributed by atoms with Gasteiger partial charge in [-0.3, -0.25) is 0 Å². The summed E-state index contributed by atoms with van der Waals surface area (Å²) in [6, 6.07) is 15.7. The predicted octanol–water partition coefficient (Wildman–Crippen LogP) is 5.08. The number of nitrogens with zero attached hydrogens (tertiary/aromatic N) is 4. The van der Waals surface area contributed by atoms with E-state index in [0.717, 1.165) is 42.4 Å². The lowest BCUT2D eigenvalue weighted by atomic mass is 10.1. The van der Waals surface area contributed by atoms with Crippen LogP contribution in [0.3, 0.4) is 0 Å². The van der Waals surface area contributed by atoms with Crippen molar-refractivity contribution < 1.29 is 9.53 Å². The molecule has 0 atom stereocenters. The Morgan fingerprint density at radius 3 is 2.47 bits per heavy atom. The molecular formula is C27H33N5O2. The molecule has 1 fully saturated rings. The molecule has 0 bridgehead atoms. The number of anilines is 2. The minimum absolute atomic E-state index is 0.109. The average Bonchev–Trinajstić information content (AvgIpc) is 2.85. The SMILES string of the molecule is CCOc1ccccc1NC(=O)N1CCN(c2nc(-c3cccc(C)c3)nc(C)c2CC)CC1. The van der Waals surface area contributed by atoms with Crippen LogP contribution < -0.4 is 15.0 Å². The number of carbonyl (C=O) groups excluding carboxylic acids is 1. The van der Waals surface area contributed by atoms with E-state index in [2.05, 4.69) is 49.2 Å². The van der Waals surface area contributed by atoms with E-state index in [1.54, 1.807) is 0 Å². The lowest BCUT2D eigenvalue weighted by Crippen LogP contribution is -2.50. The number of carbonyl (C=O) groups is 1. The van der Waals surface area contributed by atoms with E-state index in [0.29, 0.717) is 31.1 Å². The van der Waals surface area contributed by atoms with Crippen LogP contribution in [0.5, 0.6) is 5.75 Å². The van der Waals surface area contributed by atoms with Crippen LogP contribution in [0.15, 0.2) is 48.5 Å². The zero-order valence-electron chi connectivity index (χ0n) is 20.5. The minimum atomic E-state index is -0.109. The summed E-state index contributed by atoms with van der Waals surface area (Å²) in [6.45, 7) is 11.4. The van der Waals surface area contributed by atoms with Crippen LogP contribution in [-0.2, 0) is 6.42 Å². The minimum Gasteiger partial charge on any atom is -0.492 e. The van der Waals surface area contributed by atoms with Gasteiger partial charge in [-0.2, -0.15) is 0 Å². The molecule has 7 heteroatoms. The number of ether oxygens (including phenoxy) is 1. The quantitative estimate of drug-likeness (QED) is 0.557. The normalized spacial score (nSPS) is 13.6. The van der Waals surface area contributed by atoms with Crippen molar-refractivity contribution in [2.75, 3.05) is 43.0 Å². The Bertz CT molecular complexity index is 1160. The highest BCUT2D eigenvalue weighted by atomic mass is 16.5. The molecule has 2 aromatic carbocycles. The molecule has 7 nitrogen and oxygen atoms in total. The van der Waals surface area contributed by atoms with Crippen molar-refractivity contribution in [1.82, 2.24) is 14.9 Å². The summed E-state index contributed by atoms with van der Waals surface area (Å²) in [5, 5.41) is 3.01. The third kappa shape index (κ3) is 5.14. The van der Waals surface area contributed by atoms with Gasteiger partial charge in [-0.1, -0.05) is 42.8 Å². The summed E-state index contributed by atoms with van der Waals surface area (Å²) in [4.78, 5) is 26.8. The summed E-state index contributed by atoms with van der Waals surface area (Å²) >= 11 is 0. The van der Waals surface area contributed by atoms with Crippen LogP contribution in [0.2, 0.25) is 0 Å². The molecule has 0 unspecified atom stereocenters. The largest absolute Gasteiger partial charge is 0.492 e. The van der Waals surface area contributed by atoms with E-state index in [-0.39, 0.29) is 6.03 Å². The first-order valence-corrected chi connectivity index (χ1v) is 12.0. The number of hydrogen-bond donors (Lipinski definition) is 1. The number of piperazine rings is 1. The van der Waals surface area contributed by atoms with E-state index >= 15 is 0 Å². The molecule has 3 aromatic rings. The molecule has 0 saturated carbocycles. The third-order valence-corrected chi connectivity index (χ3v) is 6.12. The number of rotatable bonds is 6. The van der Waals surface area contributed by atoms with Crippen LogP contribution in [0.25, 0.3) is 11.4 Å². The summed E-state index contributed by atoms with van der Waals surface area (Å²) < 4.78 is 5.64. The fourth-order valence-electron chi connectivity index (χ4n) is 4.34. The van der Waals surface area contributed by atoms with Gasteiger partial charge >= 0.3 is 6.03 Å². The second-order valence-corrected chi connectivity index (χ2v) is 8.49. The Hall–Kier alpha value is -3.61. The number of aryl methyl sites for hydroxylation is 2. The van der Waals surface area contributed by atoms with Gasteiger partial charge in [0.15, 0.2) is 5.82 Å². The van der Waals surface area contributed by atoms with Crippen molar-refractivity contribution in [2.24, 2.45) is 0 Å². The first kappa shape index (κ1) is 23.5. The standard InChI is InChI=1S/C27H33N5O2/c1-5-22-20(4)28-25(21-11-9-10-19(3)18-21)30-26(22)31-14-16-32(17-15-31)27(33)29-23-12-7-8-13-24(23)34-6-2/h7-13,18H,5-6,14-17H2,1-4H3,(H,29,33). The van der Waals surface area contributed by atoms with Gasteiger partial charge in [-0.25, -0.2) is 14.8 Å². The molecule has 1 saturated heterocycles. The van der Waals surface area contributed by atoms with Crippen molar-refractivity contribution in [2.45, 2.75) is 34.1 Å². The number of para-hydroxylation sites is 2. The Balaban J connectivity index is 1.49. The maximum Gasteiger partial charge on any atom is 0.322 e. The highest BCUT2D eigenvalue weighted by Crippen LogP contribution is 2.28. The molecule has 1 aromatic heterocycles. The molecule has 0 aliphatic carbocycles. The van der Waals surface area contributed by atoms with Crippen LogP contribution in [0.1, 0.15) is 30.7 Å². The van der Waals surface area contributed by atoms with E-state index in [1.807, 2.05) is 42.2 Å². The van der Waals surface area contributed by atoms with Crippen molar-refractivity contribution in [1.29, 1.82) is 0 Å². The van der Waals surface area contributed by atoms with Gasteiger partial charge < -0.3 is 19.9 Å². The van der Waals surface area contributed by atoms with Crippen LogP contribution >= 0.6 is 0 Å². The molecular weight excluding hydrogens is 426 g/mol. The molecule has 1 N–H and O–H groups in total. The van der Waals surface area contributed by atoms with Crippen LogP contribution in [0.4, 0.5) is 16.3 Å². The first-order chi connectivity index (χ1) is 16.5. The molecule has 2 amide bonds. The highest BCUT2D eigenvalue weighted by Gasteiger charge is 2.25. The predicted molar refractivity (Wildman–Crippen MR) is 137 cm³/mol.